The largest absolute Gasteiger partial charge is 0.435 e. The topological polar surface area (TPSA) is 32.3 Å². The van der Waals surface area contributed by atoms with Gasteiger partial charge in [0.15, 0.2) is 11.5 Å². The van der Waals surface area contributed by atoms with E-state index in [-0.39, 0.29) is 0 Å². The summed E-state index contributed by atoms with van der Waals surface area (Å²) in [6.45, 7) is 5.20. The number of hydrogen-bond acceptors (Lipinski definition) is 4. The standard InChI is InChI=1S/C13H19F3N4/c1-3-20-8-6-10(7-9-20)19(2)12-5-4-11(17-18-12)13(14,15)16/h4-5,10H,3,6-9H2,1-2H3. The first-order chi connectivity index (χ1) is 9.41. The van der Waals surface area contributed by atoms with Crippen LogP contribution >= 0.6 is 0 Å². The molecule has 0 amide bonds. The van der Waals surface area contributed by atoms with Crippen molar-refractivity contribution in [2.24, 2.45) is 0 Å². The van der Waals surface area contributed by atoms with Gasteiger partial charge in [0.05, 0.1) is 0 Å². The molecule has 0 radical (unpaired) electrons. The zero-order valence-electron chi connectivity index (χ0n) is 11.7. The van der Waals surface area contributed by atoms with E-state index in [0.717, 1.165) is 38.5 Å². The summed E-state index contributed by atoms with van der Waals surface area (Å²) in [5.74, 6) is 0.493. The van der Waals surface area contributed by atoms with Gasteiger partial charge >= 0.3 is 6.18 Å². The minimum atomic E-state index is -4.43. The summed E-state index contributed by atoms with van der Waals surface area (Å²) >= 11 is 0. The van der Waals surface area contributed by atoms with Crippen LogP contribution in [0.4, 0.5) is 19.0 Å². The summed E-state index contributed by atoms with van der Waals surface area (Å²) in [4.78, 5) is 4.29. The van der Waals surface area contributed by atoms with Gasteiger partial charge < -0.3 is 9.80 Å². The van der Waals surface area contributed by atoms with Crippen LogP contribution in [0, 0.1) is 0 Å². The molecule has 0 aromatic carbocycles. The molecule has 1 aromatic rings. The Labute approximate surface area is 116 Å². The van der Waals surface area contributed by atoms with Gasteiger partial charge in [-0.2, -0.15) is 13.2 Å². The molecule has 0 saturated carbocycles. The van der Waals surface area contributed by atoms with Crippen molar-refractivity contribution in [3.63, 3.8) is 0 Å². The van der Waals surface area contributed by atoms with Crippen molar-refractivity contribution >= 4 is 5.82 Å². The van der Waals surface area contributed by atoms with E-state index in [2.05, 4.69) is 22.0 Å². The van der Waals surface area contributed by atoms with Crippen molar-refractivity contribution in [1.82, 2.24) is 15.1 Å². The van der Waals surface area contributed by atoms with E-state index in [1.54, 1.807) is 0 Å². The van der Waals surface area contributed by atoms with E-state index >= 15 is 0 Å². The highest BCUT2D eigenvalue weighted by Gasteiger charge is 2.33. The SMILES string of the molecule is CCN1CCC(N(C)c2ccc(C(F)(F)F)nn2)CC1. The first-order valence-electron chi connectivity index (χ1n) is 6.78. The third-order valence-electron chi connectivity index (χ3n) is 3.85. The molecule has 0 aliphatic carbocycles. The number of nitrogens with zero attached hydrogens (tertiary/aromatic N) is 4. The monoisotopic (exact) mass is 288 g/mol. The second kappa shape index (κ2) is 5.95. The molecule has 1 aromatic heterocycles. The van der Waals surface area contributed by atoms with Gasteiger partial charge in [0.2, 0.25) is 0 Å². The summed E-state index contributed by atoms with van der Waals surface area (Å²) in [5, 5.41) is 6.97. The third-order valence-corrected chi connectivity index (χ3v) is 3.85. The Bertz CT molecular complexity index is 424. The Morgan fingerprint density at radius 2 is 1.90 bits per heavy atom. The average Bonchev–Trinajstić information content (AvgIpc) is 2.46. The number of hydrogen-bond donors (Lipinski definition) is 0. The van der Waals surface area contributed by atoms with Crippen molar-refractivity contribution in [2.45, 2.75) is 32.0 Å². The van der Waals surface area contributed by atoms with Crippen LogP contribution in [0.2, 0.25) is 0 Å². The van der Waals surface area contributed by atoms with Crippen LogP contribution in [-0.4, -0.2) is 47.8 Å². The fourth-order valence-corrected chi connectivity index (χ4v) is 2.47. The molecule has 0 N–H and O–H groups in total. The Hall–Kier alpha value is -1.37. The first-order valence-corrected chi connectivity index (χ1v) is 6.78. The molecule has 1 fully saturated rings. The van der Waals surface area contributed by atoms with Gasteiger partial charge in [0, 0.05) is 26.2 Å². The van der Waals surface area contributed by atoms with Crippen LogP contribution in [0.15, 0.2) is 12.1 Å². The quantitative estimate of drug-likeness (QED) is 0.855. The first kappa shape index (κ1) is 15.0. The Kier molecular flexibility index (Phi) is 4.47. The molecule has 4 nitrogen and oxygen atoms in total. The van der Waals surface area contributed by atoms with Crippen molar-refractivity contribution in [3.8, 4) is 0 Å². The number of alkyl halides is 3. The predicted molar refractivity (Wildman–Crippen MR) is 70.6 cm³/mol. The lowest BCUT2D eigenvalue weighted by Gasteiger charge is -2.36. The van der Waals surface area contributed by atoms with E-state index in [9.17, 15) is 13.2 Å². The summed E-state index contributed by atoms with van der Waals surface area (Å²) in [5.41, 5.74) is -0.949. The second-order valence-electron chi connectivity index (χ2n) is 5.05. The minimum Gasteiger partial charge on any atom is -0.355 e. The number of piperidine rings is 1. The number of rotatable bonds is 3. The molecule has 1 aliphatic heterocycles. The lowest BCUT2D eigenvalue weighted by molar-refractivity contribution is -0.141. The maximum absolute atomic E-state index is 12.4. The molecule has 1 aliphatic rings. The smallest absolute Gasteiger partial charge is 0.355 e. The third kappa shape index (κ3) is 3.39. The van der Waals surface area contributed by atoms with Crippen LogP contribution in [0.1, 0.15) is 25.5 Å². The lowest BCUT2D eigenvalue weighted by Crippen LogP contribution is -2.43. The Morgan fingerprint density at radius 3 is 2.35 bits per heavy atom. The van der Waals surface area contributed by atoms with E-state index in [1.165, 1.54) is 6.07 Å². The van der Waals surface area contributed by atoms with Crippen molar-refractivity contribution in [3.05, 3.63) is 17.8 Å². The van der Waals surface area contributed by atoms with E-state index in [0.29, 0.717) is 11.9 Å². The lowest BCUT2D eigenvalue weighted by atomic mass is 10.0. The molecule has 7 heteroatoms. The molecule has 0 spiro atoms. The van der Waals surface area contributed by atoms with Crippen molar-refractivity contribution in [1.29, 1.82) is 0 Å². The van der Waals surface area contributed by atoms with Gasteiger partial charge in [0.1, 0.15) is 0 Å². The van der Waals surface area contributed by atoms with Crippen LogP contribution in [0.3, 0.4) is 0 Å². The van der Waals surface area contributed by atoms with Crippen LogP contribution < -0.4 is 4.90 Å². The number of likely N-dealkylation sites (tertiary alicyclic amines) is 1. The zero-order valence-corrected chi connectivity index (χ0v) is 11.7. The van der Waals surface area contributed by atoms with E-state index in [4.69, 9.17) is 0 Å². The van der Waals surface area contributed by atoms with Crippen LogP contribution in [-0.2, 0) is 6.18 Å². The van der Waals surface area contributed by atoms with Gasteiger partial charge in [-0.15, -0.1) is 10.2 Å². The summed E-state index contributed by atoms with van der Waals surface area (Å²) in [6, 6.07) is 2.69. The highest BCUT2D eigenvalue weighted by molar-refractivity contribution is 5.38. The summed E-state index contributed by atoms with van der Waals surface area (Å²) < 4.78 is 37.3. The van der Waals surface area contributed by atoms with Crippen molar-refractivity contribution in [2.75, 3.05) is 31.6 Å². The van der Waals surface area contributed by atoms with E-state index < -0.39 is 11.9 Å². The van der Waals surface area contributed by atoms with Gasteiger partial charge in [0.25, 0.3) is 0 Å². The number of anilines is 1. The molecule has 0 bridgehead atoms. The second-order valence-corrected chi connectivity index (χ2v) is 5.05. The maximum Gasteiger partial charge on any atom is 0.435 e. The van der Waals surface area contributed by atoms with Gasteiger partial charge in [-0.1, -0.05) is 6.92 Å². The van der Waals surface area contributed by atoms with Gasteiger partial charge in [-0.3, -0.25) is 0 Å². The van der Waals surface area contributed by atoms with Crippen LogP contribution in [0.5, 0.6) is 0 Å². The highest BCUT2D eigenvalue weighted by Crippen LogP contribution is 2.28. The Balaban J connectivity index is 2.01. The molecule has 20 heavy (non-hydrogen) atoms. The molecule has 1 saturated heterocycles. The molecular formula is C13H19F3N4. The highest BCUT2D eigenvalue weighted by atomic mass is 19.4. The molecule has 112 valence electrons. The van der Waals surface area contributed by atoms with Crippen LogP contribution in [0.25, 0.3) is 0 Å². The Morgan fingerprint density at radius 1 is 1.25 bits per heavy atom. The molecule has 0 unspecified atom stereocenters. The maximum atomic E-state index is 12.4. The number of halogens is 3. The van der Waals surface area contributed by atoms with Gasteiger partial charge in [-0.05, 0) is 31.5 Å². The van der Waals surface area contributed by atoms with Crippen molar-refractivity contribution < 1.29 is 13.2 Å². The van der Waals surface area contributed by atoms with Gasteiger partial charge in [-0.25, -0.2) is 0 Å². The van der Waals surface area contributed by atoms with E-state index in [1.807, 2.05) is 11.9 Å². The molecule has 0 atom stereocenters. The molecule has 2 rings (SSSR count). The normalized spacial score (nSPS) is 18.2. The number of aromatic nitrogens is 2. The molecular weight excluding hydrogens is 269 g/mol. The fraction of sp³-hybridized carbons (Fsp3) is 0.692. The average molecular weight is 288 g/mol. The fourth-order valence-electron chi connectivity index (χ4n) is 2.47. The molecule has 2 heterocycles. The zero-order chi connectivity index (χ0) is 14.8. The summed E-state index contributed by atoms with van der Waals surface area (Å²) in [6.07, 6.45) is -2.45. The minimum absolute atomic E-state index is 0.309. The summed E-state index contributed by atoms with van der Waals surface area (Å²) in [7, 11) is 1.86. The predicted octanol–water partition coefficient (Wildman–Crippen LogP) is 2.42.